The van der Waals surface area contributed by atoms with E-state index >= 15 is 0 Å². The summed E-state index contributed by atoms with van der Waals surface area (Å²) in [6.45, 7) is 2.89. The van der Waals surface area contributed by atoms with Crippen LogP contribution in [0.3, 0.4) is 0 Å². The number of nitrogens with zero attached hydrogens (tertiary/aromatic N) is 2. The van der Waals surface area contributed by atoms with Crippen LogP contribution in [0.1, 0.15) is 29.3 Å². The van der Waals surface area contributed by atoms with Crippen LogP contribution in [-0.4, -0.2) is 16.0 Å². The summed E-state index contributed by atoms with van der Waals surface area (Å²) in [7, 11) is 0. The molecular weight excluding hydrogens is 404 g/mol. The first-order valence-corrected chi connectivity index (χ1v) is 11.1. The maximum atomic E-state index is 6.37. The molecule has 1 aliphatic rings. The summed E-state index contributed by atoms with van der Waals surface area (Å²) >= 11 is 6.37. The van der Waals surface area contributed by atoms with E-state index in [0.717, 1.165) is 42.6 Å². The molecule has 0 amide bonds. The highest BCUT2D eigenvalue weighted by atomic mass is 35.5. The first-order valence-electron chi connectivity index (χ1n) is 10.7. The molecule has 5 rings (SSSR count). The molecule has 0 spiro atoms. The molecule has 1 unspecified atom stereocenters. The van der Waals surface area contributed by atoms with Gasteiger partial charge in [0.05, 0.1) is 6.04 Å². The Kier molecular flexibility index (Phi) is 5.79. The molecule has 1 aliphatic heterocycles. The fourth-order valence-electron chi connectivity index (χ4n) is 4.43. The van der Waals surface area contributed by atoms with Crippen LogP contribution in [-0.2, 0) is 13.1 Å². The van der Waals surface area contributed by atoms with Gasteiger partial charge in [0.15, 0.2) is 0 Å². The molecule has 4 aromatic rings. The highest BCUT2D eigenvalue weighted by Crippen LogP contribution is 2.34. The number of para-hydroxylation sites is 1. The number of hydrogen-bond acceptors (Lipinski definition) is 2. The molecule has 4 heteroatoms. The molecule has 3 aromatic carbocycles. The minimum absolute atomic E-state index is 0.162. The average molecular weight is 429 g/mol. The number of rotatable bonds is 5. The van der Waals surface area contributed by atoms with Gasteiger partial charge >= 0.3 is 0 Å². The van der Waals surface area contributed by atoms with Gasteiger partial charge in [-0.3, -0.25) is 4.90 Å². The van der Waals surface area contributed by atoms with Gasteiger partial charge in [-0.1, -0.05) is 54.1 Å². The Labute approximate surface area is 188 Å². The number of ether oxygens (including phenoxy) is 1. The van der Waals surface area contributed by atoms with Gasteiger partial charge in [0.1, 0.15) is 11.5 Å². The third-order valence-corrected chi connectivity index (χ3v) is 6.02. The highest BCUT2D eigenvalue weighted by molar-refractivity contribution is 6.30. The van der Waals surface area contributed by atoms with E-state index in [0.29, 0.717) is 0 Å². The van der Waals surface area contributed by atoms with Crippen molar-refractivity contribution >= 4 is 11.6 Å². The monoisotopic (exact) mass is 428 g/mol. The smallest absolute Gasteiger partial charge is 0.127 e. The fraction of sp³-hybridized carbons (Fsp3) is 0.185. The first-order chi connectivity index (χ1) is 15.3. The lowest BCUT2D eigenvalue weighted by atomic mass is 10.0. The molecule has 1 atom stereocenters. The summed E-state index contributed by atoms with van der Waals surface area (Å²) in [6, 6.07) is 31.1. The van der Waals surface area contributed by atoms with Crippen molar-refractivity contribution in [2.24, 2.45) is 0 Å². The van der Waals surface area contributed by atoms with E-state index in [9.17, 15) is 0 Å². The van der Waals surface area contributed by atoms with E-state index in [2.05, 4.69) is 58.1 Å². The zero-order valence-electron chi connectivity index (χ0n) is 17.3. The van der Waals surface area contributed by atoms with Gasteiger partial charge in [0.2, 0.25) is 0 Å². The van der Waals surface area contributed by atoms with Gasteiger partial charge in [-0.15, -0.1) is 0 Å². The van der Waals surface area contributed by atoms with Crippen molar-refractivity contribution in [1.29, 1.82) is 0 Å². The van der Waals surface area contributed by atoms with Crippen LogP contribution < -0.4 is 4.74 Å². The third kappa shape index (κ3) is 4.53. The summed E-state index contributed by atoms with van der Waals surface area (Å²) in [4.78, 5) is 2.55. The molecule has 0 saturated heterocycles. The molecule has 3 nitrogen and oxygen atoms in total. The van der Waals surface area contributed by atoms with Crippen molar-refractivity contribution in [2.45, 2.75) is 25.6 Å². The van der Waals surface area contributed by atoms with Crippen molar-refractivity contribution in [3.8, 4) is 11.5 Å². The van der Waals surface area contributed by atoms with Crippen molar-refractivity contribution in [3.05, 3.63) is 119 Å². The van der Waals surface area contributed by atoms with E-state index in [1.807, 2.05) is 48.5 Å². The van der Waals surface area contributed by atoms with Crippen LogP contribution in [0.4, 0.5) is 0 Å². The van der Waals surface area contributed by atoms with Gasteiger partial charge in [0, 0.05) is 36.5 Å². The average Bonchev–Trinajstić information content (AvgIpc) is 3.16. The van der Waals surface area contributed by atoms with Crippen LogP contribution in [0.25, 0.3) is 0 Å². The van der Waals surface area contributed by atoms with Gasteiger partial charge in [-0.25, -0.2) is 0 Å². The van der Waals surface area contributed by atoms with Crippen LogP contribution in [0.5, 0.6) is 11.5 Å². The predicted molar refractivity (Wildman–Crippen MR) is 126 cm³/mol. The maximum Gasteiger partial charge on any atom is 0.127 e. The zero-order valence-corrected chi connectivity index (χ0v) is 18.1. The normalized spacial score (nSPS) is 16.5. The van der Waals surface area contributed by atoms with Gasteiger partial charge in [-0.05, 0) is 66.1 Å². The van der Waals surface area contributed by atoms with Gasteiger partial charge in [0.25, 0.3) is 0 Å². The number of benzene rings is 3. The molecule has 0 N–H and O–H groups in total. The molecule has 0 fully saturated rings. The minimum Gasteiger partial charge on any atom is -0.457 e. The predicted octanol–water partition coefficient (Wildman–Crippen LogP) is 6.93. The second-order valence-electron chi connectivity index (χ2n) is 7.97. The summed E-state index contributed by atoms with van der Waals surface area (Å²) in [5.74, 6) is 1.71. The summed E-state index contributed by atoms with van der Waals surface area (Å²) < 4.78 is 8.44. The molecular formula is C27H25ClN2O. The number of fused-ring (bicyclic) bond motifs is 1. The SMILES string of the molecule is Clc1cccc(C2c3cccn3CCCN2Cc2cccc(Oc3ccccc3)c2)c1. The van der Waals surface area contributed by atoms with Crippen molar-refractivity contribution in [1.82, 2.24) is 9.47 Å². The molecule has 156 valence electrons. The summed E-state index contributed by atoms with van der Waals surface area (Å²) in [5, 5.41) is 0.776. The van der Waals surface area contributed by atoms with Crippen molar-refractivity contribution < 1.29 is 4.74 Å². The maximum absolute atomic E-state index is 6.37. The van der Waals surface area contributed by atoms with E-state index in [-0.39, 0.29) is 6.04 Å². The topological polar surface area (TPSA) is 17.4 Å². The Hall–Kier alpha value is -3.01. The van der Waals surface area contributed by atoms with Crippen molar-refractivity contribution in [3.63, 3.8) is 0 Å². The second-order valence-corrected chi connectivity index (χ2v) is 8.41. The van der Waals surface area contributed by atoms with E-state index in [1.54, 1.807) is 0 Å². The Balaban J connectivity index is 1.45. The quantitative estimate of drug-likeness (QED) is 0.343. The number of aromatic nitrogens is 1. The lowest BCUT2D eigenvalue weighted by molar-refractivity contribution is 0.220. The largest absolute Gasteiger partial charge is 0.457 e. The molecule has 1 aromatic heterocycles. The lowest BCUT2D eigenvalue weighted by Crippen LogP contribution is -2.29. The third-order valence-electron chi connectivity index (χ3n) is 5.78. The van der Waals surface area contributed by atoms with Crippen LogP contribution in [0, 0.1) is 0 Å². The standard InChI is InChI=1S/C27H25ClN2O/c28-23-10-5-9-22(19-23)27-26-14-6-15-29(26)16-7-17-30(27)20-21-8-4-13-25(18-21)31-24-11-2-1-3-12-24/h1-6,8-15,18-19,27H,7,16-17,20H2. The van der Waals surface area contributed by atoms with Gasteiger partial charge < -0.3 is 9.30 Å². The Morgan fingerprint density at radius 1 is 0.806 bits per heavy atom. The molecule has 0 radical (unpaired) electrons. The summed E-state index contributed by atoms with van der Waals surface area (Å²) in [6.07, 6.45) is 3.30. The van der Waals surface area contributed by atoms with E-state index in [4.69, 9.17) is 16.3 Å². The molecule has 2 heterocycles. The van der Waals surface area contributed by atoms with E-state index in [1.165, 1.54) is 16.8 Å². The molecule has 0 saturated carbocycles. The molecule has 31 heavy (non-hydrogen) atoms. The first kappa shape index (κ1) is 19.9. The number of halogens is 1. The molecule has 0 bridgehead atoms. The van der Waals surface area contributed by atoms with Crippen LogP contribution in [0.15, 0.2) is 97.2 Å². The van der Waals surface area contributed by atoms with Crippen LogP contribution >= 0.6 is 11.6 Å². The minimum atomic E-state index is 0.162. The van der Waals surface area contributed by atoms with Crippen LogP contribution in [0.2, 0.25) is 5.02 Å². The second kappa shape index (κ2) is 9.01. The number of hydrogen-bond donors (Lipinski definition) is 0. The Bertz CT molecular complexity index is 1150. The zero-order chi connectivity index (χ0) is 21.0. The fourth-order valence-corrected chi connectivity index (χ4v) is 4.63. The van der Waals surface area contributed by atoms with Gasteiger partial charge in [-0.2, -0.15) is 0 Å². The van der Waals surface area contributed by atoms with E-state index < -0.39 is 0 Å². The molecule has 0 aliphatic carbocycles. The number of aryl methyl sites for hydroxylation is 1. The highest BCUT2D eigenvalue weighted by Gasteiger charge is 2.27. The van der Waals surface area contributed by atoms with Crippen molar-refractivity contribution in [2.75, 3.05) is 6.54 Å². The Morgan fingerprint density at radius 2 is 1.65 bits per heavy atom. The Morgan fingerprint density at radius 3 is 2.52 bits per heavy atom. The lowest BCUT2D eigenvalue weighted by Gasteiger charge is -2.31. The summed E-state index contributed by atoms with van der Waals surface area (Å²) in [5.41, 5.74) is 3.78.